The zero-order valence-electron chi connectivity index (χ0n) is 20.3. The molecule has 2 aromatic heterocycles. The summed E-state index contributed by atoms with van der Waals surface area (Å²) in [6.07, 6.45) is -2.34. The predicted molar refractivity (Wildman–Crippen MR) is 124 cm³/mol. The zero-order chi connectivity index (χ0) is 26.9. The van der Waals surface area contributed by atoms with Gasteiger partial charge in [-0.3, -0.25) is 33.9 Å². The molecule has 3 heterocycles. The third kappa shape index (κ3) is 7.54. The lowest BCUT2D eigenvalue weighted by molar-refractivity contribution is -0.225. The lowest BCUT2D eigenvalue weighted by Gasteiger charge is -2.45. The minimum absolute atomic E-state index is 0.0324. The van der Waals surface area contributed by atoms with Gasteiger partial charge >= 0.3 is 17.9 Å². The van der Waals surface area contributed by atoms with Gasteiger partial charge in [-0.05, 0) is 24.3 Å². The third-order valence-corrected chi connectivity index (χ3v) is 5.11. The Morgan fingerprint density at radius 2 is 1.32 bits per heavy atom. The van der Waals surface area contributed by atoms with Crippen LogP contribution in [-0.4, -0.2) is 76.9 Å². The fourth-order valence-corrected chi connectivity index (χ4v) is 3.64. The van der Waals surface area contributed by atoms with Crippen molar-refractivity contribution in [3.05, 3.63) is 60.2 Å². The lowest BCUT2D eigenvalue weighted by Crippen LogP contribution is -2.69. The van der Waals surface area contributed by atoms with E-state index in [1.165, 1.54) is 31.5 Å². The van der Waals surface area contributed by atoms with Gasteiger partial charge in [0, 0.05) is 33.2 Å². The van der Waals surface area contributed by atoms with Crippen molar-refractivity contribution in [3.8, 4) is 0 Å². The Hall–Kier alpha value is -4.39. The monoisotopic (exact) mass is 514 g/mol. The van der Waals surface area contributed by atoms with Crippen LogP contribution in [0.4, 0.5) is 0 Å². The van der Waals surface area contributed by atoms with Crippen molar-refractivity contribution < 1.29 is 42.9 Å². The molecule has 0 bridgehead atoms. The molecular formula is C24H26N4O9. The molecule has 1 aliphatic rings. The average Bonchev–Trinajstić information content (AvgIpc) is 2.86. The molecule has 0 aliphatic carbocycles. The van der Waals surface area contributed by atoms with E-state index in [1.54, 1.807) is 24.3 Å². The van der Waals surface area contributed by atoms with Crippen LogP contribution in [0.5, 0.6) is 0 Å². The topological polar surface area (TPSA) is 172 Å². The first-order valence-electron chi connectivity index (χ1n) is 11.2. The predicted octanol–water partition coefficient (Wildman–Crippen LogP) is 0.156. The number of nitrogens with one attached hydrogen (secondary N) is 2. The molecule has 1 fully saturated rings. The highest BCUT2D eigenvalue weighted by atomic mass is 16.6. The average molecular weight is 514 g/mol. The number of carbonyl (C=O) groups is 5. The van der Waals surface area contributed by atoms with Crippen molar-refractivity contribution in [2.24, 2.45) is 0 Å². The summed E-state index contributed by atoms with van der Waals surface area (Å²) in [5.41, 5.74) is 0.0773. The molecule has 0 aromatic carbocycles. The highest BCUT2D eigenvalue weighted by molar-refractivity contribution is 5.93. The second-order valence-corrected chi connectivity index (χ2v) is 7.95. The van der Waals surface area contributed by atoms with Gasteiger partial charge in [-0.25, -0.2) is 0 Å². The van der Waals surface area contributed by atoms with Crippen LogP contribution in [0.25, 0.3) is 0 Å². The smallest absolute Gasteiger partial charge is 0.303 e. The first kappa shape index (κ1) is 27.2. The van der Waals surface area contributed by atoms with Gasteiger partial charge in [0.1, 0.15) is 30.1 Å². The molecule has 1 aliphatic heterocycles. The molecular weight excluding hydrogens is 488 g/mol. The number of esters is 3. The summed E-state index contributed by atoms with van der Waals surface area (Å²) in [5.74, 6) is -3.50. The van der Waals surface area contributed by atoms with Crippen LogP contribution in [0.1, 0.15) is 41.7 Å². The molecule has 0 unspecified atom stereocenters. The number of hydrogen-bond donors (Lipinski definition) is 2. The number of hydrogen-bond acceptors (Lipinski definition) is 11. The molecule has 13 nitrogen and oxygen atoms in total. The quantitative estimate of drug-likeness (QED) is 0.363. The van der Waals surface area contributed by atoms with Crippen LogP contribution in [0.3, 0.4) is 0 Å². The normalized spacial score (nSPS) is 22.7. The number of nitrogens with zero attached hydrogens (tertiary/aromatic N) is 2. The number of amides is 2. The van der Waals surface area contributed by atoms with Crippen LogP contribution in [0.15, 0.2) is 48.8 Å². The van der Waals surface area contributed by atoms with E-state index in [-0.39, 0.29) is 11.4 Å². The zero-order valence-corrected chi connectivity index (χ0v) is 20.3. The minimum Gasteiger partial charge on any atom is -0.463 e. The molecule has 1 saturated heterocycles. The van der Waals surface area contributed by atoms with Crippen molar-refractivity contribution in [1.82, 2.24) is 20.6 Å². The first-order chi connectivity index (χ1) is 17.7. The maximum Gasteiger partial charge on any atom is 0.303 e. The van der Waals surface area contributed by atoms with Gasteiger partial charge in [-0.15, -0.1) is 0 Å². The Balaban J connectivity index is 2.00. The highest BCUT2D eigenvalue weighted by Gasteiger charge is 2.51. The second kappa shape index (κ2) is 12.5. The number of ether oxygens (including phenoxy) is 4. The third-order valence-electron chi connectivity index (χ3n) is 5.11. The van der Waals surface area contributed by atoms with Crippen LogP contribution in [0.2, 0.25) is 0 Å². The van der Waals surface area contributed by atoms with Crippen LogP contribution >= 0.6 is 0 Å². The molecule has 2 amide bonds. The van der Waals surface area contributed by atoms with Gasteiger partial charge in [-0.1, -0.05) is 12.1 Å². The summed E-state index contributed by atoms with van der Waals surface area (Å²) >= 11 is 0. The van der Waals surface area contributed by atoms with E-state index in [2.05, 4.69) is 20.6 Å². The van der Waals surface area contributed by atoms with Gasteiger partial charge in [0.25, 0.3) is 11.8 Å². The van der Waals surface area contributed by atoms with E-state index in [4.69, 9.17) is 18.9 Å². The minimum atomic E-state index is -1.35. The molecule has 0 radical (unpaired) electrons. The SMILES string of the molecule is CC(=O)OC[C@H]1O[C@H](NC(=O)c2ccccn2)[C@H](NC(=O)c2ccccn2)[C@@H](OC(C)=O)[C@@H]1OC(C)=O. The Kier molecular flexibility index (Phi) is 9.21. The molecule has 2 N–H and O–H groups in total. The highest BCUT2D eigenvalue weighted by Crippen LogP contribution is 2.27. The van der Waals surface area contributed by atoms with Gasteiger partial charge in [0.2, 0.25) is 0 Å². The van der Waals surface area contributed by atoms with E-state index in [0.29, 0.717) is 0 Å². The molecule has 37 heavy (non-hydrogen) atoms. The largest absolute Gasteiger partial charge is 0.463 e. The Morgan fingerprint density at radius 1 is 0.784 bits per heavy atom. The molecule has 0 saturated carbocycles. The van der Waals surface area contributed by atoms with E-state index >= 15 is 0 Å². The fraction of sp³-hybridized carbons (Fsp3) is 0.375. The summed E-state index contributed by atoms with van der Waals surface area (Å²) in [6.45, 7) is 3.02. The van der Waals surface area contributed by atoms with E-state index in [0.717, 1.165) is 13.8 Å². The molecule has 2 aromatic rings. The Morgan fingerprint density at radius 3 is 1.81 bits per heavy atom. The van der Waals surface area contributed by atoms with Gasteiger partial charge in [0.05, 0.1) is 0 Å². The van der Waals surface area contributed by atoms with Crippen LogP contribution < -0.4 is 10.6 Å². The van der Waals surface area contributed by atoms with E-state index < -0.39 is 66.9 Å². The maximum absolute atomic E-state index is 13.0. The van der Waals surface area contributed by atoms with Gasteiger partial charge < -0.3 is 29.6 Å². The molecule has 3 rings (SSSR count). The summed E-state index contributed by atoms with van der Waals surface area (Å²) in [6, 6.07) is 8.10. The van der Waals surface area contributed by atoms with E-state index in [1.807, 2.05) is 0 Å². The summed E-state index contributed by atoms with van der Waals surface area (Å²) < 4.78 is 21.9. The van der Waals surface area contributed by atoms with Gasteiger partial charge in [-0.2, -0.15) is 0 Å². The fourth-order valence-electron chi connectivity index (χ4n) is 3.64. The summed E-state index contributed by atoms with van der Waals surface area (Å²) in [7, 11) is 0. The molecule has 0 spiro atoms. The Labute approximate surface area is 211 Å². The summed E-state index contributed by atoms with van der Waals surface area (Å²) in [5, 5.41) is 5.25. The standard InChI is InChI=1S/C24H26N4O9/c1-13(29)34-12-18-20(35-14(2)30)21(36-15(3)31)19(27-22(32)16-8-4-6-10-25-16)24(37-18)28-23(33)17-9-5-7-11-26-17/h4-11,18-21,24H,12H2,1-3H3,(H,27,32)(H,28,33)/t18-,19-,20-,21-,24+/m1/s1. The number of carbonyl (C=O) groups excluding carboxylic acids is 5. The maximum atomic E-state index is 13.0. The van der Waals surface area contributed by atoms with Gasteiger partial charge in [0.15, 0.2) is 18.4 Å². The number of pyridine rings is 2. The van der Waals surface area contributed by atoms with Crippen molar-refractivity contribution in [3.63, 3.8) is 0 Å². The number of rotatable bonds is 8. The molecule has 5 atom stereocenters. The second-order valence-electron chi connectivity index (χ2n) is 7.95. The number of aromatic nitrogens is 2. The van der Waals surface area contributed by atoms with Crippen molar-refractivity contribution in [2.75, 3.05) is 6.61 Å². The summed E-state index contributed by atoms with van der Waals surface area (Å²) in [4.78, 5) is 69.3. The van der Waals surface area contributed by atoms with Crippen molar-refractivity contribution >= 4 is 29.7 Å². The van der Waals surface area contributed by atoms with Crippen molar-refractivity contribution in [1.29, 1.82) is 0 Å². The molecule has 13 heteroatoms. The molecule has 196 valence electrons. The lowest BCUT2D eigenvalue weighted by atomic mass is 9.94. The van der Waals surface area contributed by atoms with Crippen LogP contribution in [0, 0.1) is 0 Å². The Bertz CT molecular complexity index is 1130. The van der Waals surface area contributed by atoms with Crippen LogP contribution in [-0.2, 0) is 33.3 Å². The van der Waals surface area contributed by atoms with E-state index in [9.17, 15) is 24.0 Å². The van der Waals surface area contributed by atoms with Crippen molar-refractivity contribution in [2.45, 2.75) is 51.4 Å². The first-order valence-corrected chi connectivity index (χ1v) is 11.2.